The molecule has 1 amide bonds. The molecule has 0 aliphatic carbocycles. The van der Waals surface area contributed by atoms with Gasteiger partial charge in [0, 0.05) is 36.6 Å². The van der Waals surface area contributed by atoms with Crippen molar-refractivity contribution in [3.05, 3.63) is 72.6 Å². The minimum atomic E-state index is -0.00342. The average Bonchev–Trinajstić information content (AvgIpc) is 2.76. The minimum absolute atomic E-state index is 0.00342. The highest BCUT2D eigenvalue weighted by Crippen LogP contribution is 2.25. The highest BCUT2D eigenvalue weighted by atomic mass is 16.5. The van der Waals surface area contributed by atoms with Crippen LogP contribution in [0.15, 0.2) is 66.9 Å². The van der Waals surface area contributed by atoms with E-state index in [0.29, 0.717) is 0 Å². The van der Waals surface area contributed by atoms with Crippen molar-refractivity contribution in [3.8, 4) is 11.5 Å². The molecular weight excluding hydrogens is 364 g/mol. The van der Waals surface area contributed by atoms with E-state index in [9.17, 15) is 4.79 Å². The number of hydrogen-bond acceptors (Lipinski definition) is 5. The number of benzene rings is 2. The number of piperidine rings is 1. The Balaban J connectivity index is 1.29. The normalized spacial score (nSPS) is 14.4. The maximum Gasteiger partial charge on any atom is 0.227 e. The van der Waals surface area contributed by atoms with Crippen LogP contribution in [-0.4, -0.2) is 29.0 Å². The molecule has 0 atom stereocenters. The smallest absolute Gasteiger partial charge is 0.227 e. The first-order chi connectivity index (χ1) is 14.2. The number of ether oxygens (including phenoxy) is 1. The summed E-state index contributed by atoms with van der Waals surface area (Å²) in [5.41, 5.74) is 1.73. The standard InChI is InChI=1S/C23H24N4O2/c1-17-11-14-24-23(25-17)27-15-12-18(13-16-27)22(28)26-19-7-9-21(10-8-19)29-20-5-3-2-4-6-20/h2-11,14,18H,12-13,15-16H2,1H3,(H,26,28). The van der Waals surface area contributed by atoms with Gasteiger partial charge in [0.25, 0.3) is 0 Å². The Morgan fingerprint density at radius 1 is 1.00 bits per heavy atom. The van der Waals surface area contributed by atoms with Gasteiger partial charge in [-0.2, -0.15) is 0 Å². The fourth-order valence-electron chi connectivity index (χ4n) is 3.40. The van der Waals surface area contributed by atoms with E-state index in [0.717, 1.165) is 54.8 Å². The molecule has 1 N–H and O–H groups in total. The Hall–Kier alpha value is -3.41. The van der Waals surface area contributed by atoms with Gasteiger partial charge in [-0.1, -0.05) is 18.2 Å². The van der Waals surface area contributed by atoms with Gasteiger partial charge < -0.3 is 15.0 Å². The molecule has 3 aromatic rings. The fourth-order valence-corrected chi connectivity index (χ4v) is 3.40. The predicted octanol–water partition coefficient (Wildman–Crippen LogP) is 4.43. The quantitative estimate of drug-likeness (QED) is 0.700. The maximum absolute atomic E-state index is 12.6. The zero-order valence-electron chi connectivity index (χ0n) is 16.4. The number of hydrogen-bond donors (Lipinski definition) is 1. The third-order valence-electron chi connectivity index (χ3n) is 5.03. The van der Waals surface area contributed by atoms with Gasteiger partial charge in [-0.05, 0) is 62.2 Å². The lowest BCUT2D eigenvalue weighted by Crippen LogP contribution is -2.39. The van der Waals surface area contributed by atoms with E-state index in [1.807, 2.05) is 67.6 Å². The van der Waals surface area contributed by atoms with E-state index in [4.69, 9.17) is 4.74 Å². The van der Waals surface area contributed by atoms with Gasteiger partial charge in [-0.15, -0.1) is 0 Å². The van der Waals surface area contributed by atoms with E-state index in [1.54, 1.807) is 6.20 Å². The van der Waals surface area contributed by atoms with Gasteiger partial charge >= 0.3 is 0 Å². The van der Waals surface area contributed by atoms with Crippen LogP contribution < -0.4 is 15.0 Å². The van der Waals surface area contributed by atoms with Crippen molar-refractivity contribution in [2.75, 3.05) is 23.3 Å². The maximum atomic E-state index is 12.6. The monoisotopic (exact) mass is 388 g/mol. The molecule has 0 spiro atoms. The number of amides is 1. The summed E-state index contributed by atoms with van der Waals surface area (Å²) in [4.78, 5) is 23.6. The van der Waals surface area contributed by atoms with Crippen LogP contribution in [0.1, 0.15) is 18.5 Å². The van der Waals surface area contributed by atoms with Crippen LogP contribution >= 0.6 is 0 Å². The minimum Gasteiger partial charge on any atom is -0.457 e. The number of aromatic nitrogens is 2. The Bertz CT molecular complexity index is 952. The second-order valence-corrected chi connectivity index (χ2v) is 7.19. The summed E-state index contributed by atoms with van der Waals surface area (Å²) >= 11 is 0. The van der Waals surface area contributed by atoms with E-state index < -0.39 is 0 Å². The number of carbonyl (C=O) groups is 1. The van der Waals surface area contributed by atoms with Crippen molar-refractivity contribution in [1.29, 1.82) is 0 Å². The lowest BCUT2D eigenvalue weighted by Gasteiger charge is -2.31. The number of anilines is 2. The van der Waals surface area contributed by atoms with Gasteiger partial charge in [0.2, 0.25) is 11.9 Å². The first-order valence-corrected chi connectivity index (χ1v) is 9.86. The predicted molar refractivity (Wildman–Crippen MR) is 113 cm³/mol. The summed E-state index contributed by atoms with van der Waals surface area (Å²) in [5, 5.41) is 3.02. The van der Waals surface area contributed by atoms with Crippen LogP contribution in [0, 0.1) is 12.8 Å². The highest BCUT2D eigenvalue weighted by Gasteiger charge is 2.26. The number of nitrogens with zero attached hydrogens (tertiary/aromatic N) is 3. The number of para-hydroxylation sites is 1. The van der Waals surface area contributed by atoms with E-state index in [-0.39, 0.29) is 11.8 Å². The molecule has 6 heteroatoms. The van der Waals surface area contributed by atoms with Crippen molar-refractivity contribution in [2.45, 2.75) is 19.8 Å². The molecule has 148 valence electrons. The Morgan fingerprint density at radius 2 is 1.69 bits per heavy atom. The summed E-state index contributed by atoms with van der Waals surface area (Å²) in [6.07, 6.45) is 3.36. The summed E-state index contributed by atoms with van der Waals surface area (Å²) < 4.78 is 5.79. The highest BCUT2D eigenvalue weighted by molar-refractivity contribution is 5.92. The SMILES string of the molecule is Cc1ccnc(N2CCC(C(=O)Nc3ccc(Oc4ccccc4)cc3)CC2)n1. The molecule has 1 fully saturated rings. The molecule has 0 saturated carbocycles. The van der Waals surface area contributed by atoms with Crippen molar-refractivity contribution < 1.29 is 9.53 Å². The molecule has 0 bridgehead atoms. The molecule has 1 aromatic heterocycles. The second-order valence-electron chi connectivity index (χ2n) is 7.19. The van der Waals surface area contributed by atoms with Crippen LogP contribution in [-0.2, 0) is 4.79 Å². The molecule has 6 nitrogen and oxygen atoms in total. The topological polar surface area (TPSA) is 67.4 Å². The van der Waals surface area contributed by atoms with Crippen molar-refractivity contribution >= 4 is 17.5 Å². The summed E-state index contributed by atoms with van der Waals surface area (Å²) in [6, 6.07) is 19.0. The van der Waals surface area contributed by atoms with Gasteiger partial charge in [-0.3, -0.25) is 4.79 Å². The number of carbonyl (C=O) groups excluding carboxylic acids is 1. The largest absolute Gasteiger partial charge is 0.457 e. The third kappa shape index (κ3) is 4.90. The van der Waals surface area contributed by atoms with E-state index >= 15 is 0 Å². The van der Waals surface area contributed by atoms with Crippen LogP contribution in [0.3, 0.4) is 0 Å². The Kier molecular flexibility index (Phi) is 5.70. The van der Waals surface area contributed by atoms with Crippen molar-refractivity contribution in [1.82, 2.24) is 9.97 Å². The summed E-state index contributed by atoms with van der Waals surface area (Å²) in [6.45, 7) is 3.53. The molecule has 2 heterocycles. The molecule has 1 saturated heterocycles. The van der Waals surface area contributed by atoms with Gasteiger partial charge in [0.05, 0.1) is 0 Å². The Labute approximate surface area is 170 Å². The fraction of sp³-hybridized carbons (Fsp3) is 0.261. The Morgan fingerprint density at radius 3 is 2.38 bits per heavy atom. The van der Waals surface area contributed by atoms with Gasteiger partial charge in [-0.25, -0.2) is 9.97 Å². The second kappa shape index (κ2) is 8.73. The van der Waals surface area contributed by atoms with Gasteiger partial charge in [0.15, 0.2) is 0 Å². The summed E-state index contributed by atoms with van der Waals surface area (Å²) in [7, 11) is 0. The molecular formula is C23H24N4O2. The molecule has 1 aliphatic rings. The summed E-state index contributed by atoms with van der Waals surface area (Å²) in [5.74, 6) is 2.33. The number of rotatable bonds is 5. The zero-order chi connectivity index (χ0) is 20.1. The van der Waals surface area contributed by atoms with E-state index in [2.05, 4.69) is 20.2 Å². The zero-order valence-corrected chi connectivity index (χ0v) is 16.4. The van der Waals surface area contributed by atoms with Crippen LogP contribution in [0.2, 0.25) is 0 Å². The van der Waals surface area contributed by atoms with Gasteiger partial charge in [0.1, 0.15) is 11.5 Å². The first-order valence-electron chi connectivity index (χ1n) is 9.86. The first kappa shape index (κ1) is 18.9. The lowest BCUT2D eigenvalue weighted by molar-refractivity contribution is -0.120. The third-order valence-corrected chi connectivity index (χ3v) is 5.03. The molecule has 1 aliphatic heterocycles. The van der Waals surface area contributed by atoms with Crippen LogP contribution in [0.5, 0.6) is 11.5 Å². The number of nitrogens with one attached hydrogen (secondary N) is 1. The average molecular weight is 388 g/mol. The van der Waals surface area contributed by atoms with Crippen molar-refractivity contribution in [2.24, 2.45) is 5.92 Å². The molecule has 29 heavy (non-hydrogen) atoms. The van der Waals surface area contributed by atoms with Crippen LogP contribution in [0.25, 0.3) is 0 Å². The molecule has 2 aromatic carbocycles. The molecule has 0 unspecified atom stereocenters. The molecule has 4 rings (SSSR count). The molecule has 0 radical (unpaired) electrons. The van der Waals surface area contributed by atoms with Crippen molar-refractivity contribution in [3.63, 3.8) is 0 Å². The lowest BCUT2D eigenvalue weighted by atomic mass is 9.96. The number of aryl methyl sites for hydroxylation is 1. The van der Waals surface area contributed by atoms with E-state index in [1.165, 1.54) is 0 Å². The van der Waals surface area contributed by atoms with Crippen LogP contribution in [0.4, 0.5) is 11.6 Å².